The van der Waals surface area contributed by atoms with Gasteiger partial charge in [0.05, 0.1) is 11.6 Å². The molecule has 2 aliphatic rings. The molecule has 2 fully saturated rings. The molecule has 0 amide bonds. The second-order valence-corrected chi connectivity index (χ2v) is 5.72. The van der Waals surface area contributed by atoms with Crippen LogP contribution >= 0.6 is 11.3 Å². The average molecular weight is 238 g/mol. The second-order valence-electron chi connectivity index (χ2n) is 4.82. The highest BCUT2D eigenvalue weighted by Gasteiger charge is 2.50. The molecule has 3 rings (SSSR count). The Balaban J connectivity index is 1.70. The van der Waals surface area contributed by atoms with Gasteiger partial charge in [-0.15, -0.1) is 11.3 Å². The molecule has 4 heteroatoms. The lowest BCUT2D eigenvalue weighted by atomic mass is 9.74. The van der Waals surface area contributed by atoms with E-state index in [-0.39, 0.29) is 5.54 Å². The van der Waals surface area contributed by atoms with Crippen LogP contribution in [0.3, 0.4) is 0 Å². The van der Waals surface area contributed by atoms with Crippen molar-refractivity contribution in [2.45, 2.75) is 50.3 Å². The van der Waals surface area contributed by atoms with E-state index in [0.29, 0.717) is 6.10 Å². The summed E-state index contributed by atoms with van der Waals surface area (Å²) in [5.41, 5.74) is 0.134. The predicted molar refractivity (Wildman–Crippen MR) is 64.6 cm³/mol. The van der Waals surface area contributed by atoms with E-state index in [1.54, 1.807) is 11.3 Å². The first-order valence-corrected chi connectivity index (χ1v) is 6.99. The normalized spacial score (nSPS) is 33.7. The van der Waals surface area contributed by atoms with Crippen molar-refractivity contribution in [1.82, 2.24) is 10.3 Å². The Morgan fingerprint density at radius 2 is 2.38 bits per heavy atom. The topological polar surface area (TPSA) is 34.1 Å². The highest BCUT2D eigenvalue weighted by atomic mass is 32.1. The van der Waals surface area contributed by atoms with Gasteiger partial charge >= 0.3 is 0 Å². The third-order valence-electron chi connectivity index (χ3n) is 3.45. The lowest BCUT2D eigenvalue weighted by Gasteiger charge is -2.46. The zero-order valence-electron chi connectivity index (χ0n) is 9.61. The molecule has 1 aromatic heterocycles. The quantitative estimate of drug-likeness (QED) is 0.854. The van der Waals surface area contributed by atoms with E-state index in [0.717, 1.165) is 25.5 Å². The van der Waals surface area contributed by atoms with Gasteiger partial charge in [0.15, 0.2) is 0 Å². The minimum absolute atomic E-state index is 0.134. The van der Waals surface area contributed by atoms with Crippen molar-refractivity contribution < 1.29 is 4.74 Å². The first-order chi connectivity index (χ1) is 7.82. The molecule has 2 saturated carbocycles. The van der Waals surface area contributed by atoms with Crippen LogP contribution in [0.25, 0.3) is 0 Å². The molecule has 3 nitrogen and oxygen atoms in total. The Labute approximate surface area is 100 Å². The highest BCUT2D eigenvalue weighted by Crippen LogP contribution is 2.45. The molecule has 16 heavy (non-hydrogen) atoms. The van der Waals surface area contributed by atoms with Gasteiger partial charge in [0.1, 0.15) is 5.01 Å². The van der Waals surface area contributed by atoms with Gasteiger partial charge in [0, 0.05) is 24.2 Å². The fourth-order valence-corrected chi connectivity index (χ4v) is 3.33. The van der Waals surface area contributed by atoms with Gasteiger partial charge < -0.3 is 10.1 Å². The van der Waals surface area contributed by atoms with E-state index in [2.05, 4.69) is 22.6 Å². The van der Waals surface area contributed by atoms with Gasteiger partial charge in [-0.2, -0.15) is 0 Å². The van der Waals surface area contributed by atoms with Gasteiger partial charge in [-0.05, 0) is 32.6 Å². The Kier molecular flexibility index (Phi) is 2.73. The summed E-state index contributed by atoms with van der Waals surface area (Å²) in [5.74, 6) is 0. The smallest absolute Gasteiger partial charge is 0.113 e. The van der Waals surface area contributed by atoms with Gasteiger partial charge in [-0.25, -0.2) is 4.98 Å². The van der Waals surface area contributed by atoms with Crippen LogP contribution in [0.2, 0.25) is 0 Å². The summed E-state index contributed by atoms with van der Waals surface area (Å²) in [6.45, 7) is 2.89. The largest absolute Gasteiger partial charge is 0.378 e. The fraction of sp³-hybridized carbons (Fsp3) is 0.750. The zero-order valence-corrected chi connectivity index (χ0v) is 10.4. The Bertz CT molecular complexity index is 342. The van der Waals surface area contributed by atoms with Gasteiger partial charge in [-0.3, -0.25) is 0 Å². The number of nitrogens with zero attached hydrogens (tertiary/aromatic N) is 1. The zero-order chi connectivity index (χ0) is 11.0. The minimum Gasteiger partial charge on any atom is -0.378 e. The molecule has 1 aromatic rings. The van der Waals surface area contributed by atoms with Crippen LogP contribution in [0.4, 0.5) is 0 Å². The van der Waals surface area contributed by atoms with Crippen LogP contribution in [0.15, 0.2) is 11.6 Å². The van der Waals surface area contributed by atoms with Crippen molar-refractivity contribution >= 4 is 11.3 Å². The van der Waals surface area contributed by atoms with E-state index in [1.807, 2.05) is 6.20 Å². The molecule has 0 radical (unpaired) electrons. The van der Waals surface area contributed by atoms with E-state index in [9.17, 15) is 0 Å². The molecule has 0 aliphatic heterocycles. The number of rotatable bonds is 5. The maximum Gasteiger partial charge on any atom is 0.113 e. The van der Waals surface area contributed by atoms with Crippen molar-refractivity contribution in [2.24, 2.45) is 0 Å². The molecule has 1 heterocycles. The van der Waals surface area contributed by atoms with Crippen molar-refractivity contribution in [2.75, 3.05) is 6.61 Å². The van der Waals surface area contributed by atoms with Crippen LogP contribution < -0.4 is 5.32 Å². The summed E-state index contributed by atoms with van der Waals surface area (Å²) in [5, 5.41) is 7.08. The standard InChI is InChI=1S/C12H18N2OS/c1-2-15-10-7-12(8-10,14-9-3-4-9)11-13-5-6-16-11/h5-6,9-10,14H,2-4,7-8H2,1H3. The van der Waals surface area contributed by atoms with Crippen molar-refractivity contribution in [3.8, 4) is 0 Å². The minimum atomic E-state index is 0.134. The maximum absolute atomic E-state index is 5.67. The van der Waals surface area contributed by atoms with Crippen LogP contribution in [0, 0.1) is 0 Å². The molecule has 0 aromatic carbocycles. The molecule has 88 valence electrons. The third kappa shape index (κ3) is 1.90. The number of aromatic nitrogens is 1. The number of ether oxygens (including phenoxy) is 1. The van der Waals surface area contributed by atoms with Crippen LogP contribution in [-0.4, -0.2) is 23.7 Å². The second kappa shape index (κ2) is 4.09. The lowest BCUT2D eigenvalue weighted by molar-refractivity contribution is -0.0544. The Hall–Kier alpha value is -0.450. The van der Waals surface area contributed by atoms with E-state index >= 15 is 0 Å². The lowest BCUT2D eigenvalue weighted by Crippen LogP contribution is -2.56. The first kappa shape index (κ1) is 10.7. The van der Waals surface area contributed by atoms with Gasteiger partial charge in [0.2, 0.25) is 0 Å². The molecular weight excluding hydrogens is 220 g/mol. The van der Waals surface area contributed by atoms with Gasteiger partial charge in [-0.1, -0.05) is 0 Å². The first-order valence-electron chi connectivity index (χ1n) is 6.12. The average Bonchev–Trinajstić information content (AvgIpc) is 2.87. The molecule has 2 aliphatic carbocycles. The van der Waals surface area contributed by atoms with E-state index < -0.39 is 0 Å². The molecule has 0 spiro atoms. The van der Waals surface area contributed by atoms with Crippen LogP contribution in [0.1, 0.15) is 37.6 Å². The molecule has 0 unspecified atom stereocenters. The summed E-state index contributed by atoms with van der Waals surface area (Å²) in [4.78, 5) is 4.49. The summed E-state index contributed by atoms with van der Waals surface area (Å²) in [6.07, 6.45) is 7.17. The van der Waals surface area contributed by atoms with E-state index in [4.69, 9.17) is 4.74 Å². The number of hydrogen-bond acceptors (Lipinski definition) is 4. The van der Waals surface area contributed by atoms with Crippen molar-refractivity contribution in [3.63, 3.8) is 0 Å². The molecule has 0 bridgehead atoms. The summed E-state index contributed by atoms with van der Waals surface area (Å²) in [6, 6.07) is 0.728. The molecule has 0 atom stereocenters. The molecule has 0 saturated heterocycles. The van der Waals surface area contributed by atoms with Crippen LogP contribution in [0.5, 0.6) is 0 Å². The summed E-state index contributed by atoms with van der Waals surface area (Å²) < 4.78 is 5.67. The number of thiazole rings is 1. The number of hydrogen-bond donors (Lipinski definition) is 1. The molecule has 1 N–H and O–H groups in total. The Morgan fingerprint density at radius 1 is 1.56 bits per heavy atom. The SMILES string of the molecule is CCOC1CC(NC2CC2)(c2nccs2)C1. The van der Waals surface area contributed by atoms with E-state index in [1.165, 1.54) is 17.8 Å². The summed E-state index contributed by atoms with van der Waals surface area (Å²) >= 11 is 1.77. The number of nitrogens with one attached hydrogen (secondary N) is 1. The predicted octanol–water partition coefficient (Wildman–Crippen LogP) is 2.29. The molecular formula is C12H18N2OS. The summed E-state index contributed by atoms with van der Waals surface area (Å²) in [7, 11) is 0. The Morgan fingerprint density at radius 3 is 2.94 bits per heavy atom. The highest BCUT2D eigenvalue weighted by molar-refractivity contribution is 7.09. The fourth-order valence-electron chi connectivity index (χ4n) is 2.50. The monoisotopic (exact) mass is 238 g/mol. The van der Waals surface area contributed by atoms with Crippen LogP contribution in [-0.2, 0) is 10.3 Å². The van der Waals surface area contributed by atoms with Crippen molar-refractivity contribution in [3.05, 3.63) is 16.6 Å². The third-order valence-corrected chi connectivity index (χ3v) is 4.43. The van der Waals surface area contributed by atoms with Gasteiger partial charge in [0.25, 0.3) is 0 Å². The van der Waals surface area contributed by atoms with Crippen molar-refractivity contribution in [1.29, 1.82) is 0 Å². The maximum atomic E-state index is 5.67.